The minimum atomic E-state index is -0.322. The van der Waals surface area contributed by atoms with Gasteiger partial charge in [0.1, 0.15) is 5.82 Å². The number of nitrogens with one attached hydrogen (secondary N) is 1. The van der Waals surface area contributed by atoms with E-state index in [1.807, 2.05) is 18.2 Å². The highest BCUT2D eigenvalue weighted by atomic mass is 19.1. The van der Waals surface area contributed by atoms with E-state index >= 15 is 0 Å². The largest absolute Gasteiger partial charge is 0.379 e. The Morgan fingerprint density at radius 2 is 1.82 bits per heavy atom. The first-order valence-electron chi connectivity index (χ1n) is 9.54. The number of para-hydroxylation sites is 1. The lowest BCUT2D eigenvalue weighted by atomic mass is 10.2. The molecule has 0 aliphatic carbocycles. The molecule has 1 N–H and O–H groups in total. The Morgan fingerprint density at radius 3 is 2.61 bits per heavy atom. The highest BCUT2D eigenvalue weighted by Crippen LogP contribution is 2.18. The molecule has 1 aromatic heterocycles. The Labute approximate surface area is 162 Å². The van der Waals surface area contributed by atoms with Gasteiger partial charge in [0, 0.05) is 31.7 Å². The van der Waals surface area contributed by atoms with Crippen molar-refractivity contribution in [3.05, 3.63) is 64.7 Å². The van der Waals surface area contributed by atoms with Crippen LogP contribution in [-0.4, -0.2) is 54.0 Å². The van der Waals surface area contributed by atoms with Crippen molar-refractivity contribution in [1.82, 2.24) is 14.6 Å². The van der Waals surface area contributed by atoms with E-state index in [4.69, 9.17) is 4.74 Å². The van der Waals surface area contributed by atoms with Gasteiger partial charge < -0.3 is 10.2 Å². The molecule has 1 saturated heterocycles. The molecule has 0 spiro atoms. The van der Waals surface area contributed by atoms with Gasteiger partial charge in [-0.2, -0.15) is 0 Å². The van der Waals surface area contributed by atoms with Crippen LogP contribution in [0.25, 0.3) is 22.3 Å². The molecule has 3 aromatic rings. The van der Waals surface area contributed by atoms with E-state index in [2.05, 4.69) is 15.3 Å². The van der Waals surface area contributed by atoms with E-state index in [9.17, 15) is 9.18 Å². The number of hydrogen-bond donors (Lipinski definition) is 1. The van der Waals surface area contributed by atoms with Crippen LogP contribution in [0.2, 0.25) is 0 Å². The second-order valence-electron chi connectivity index (χ2n) is 6.82. The van der Waals surface area contributed by atoms with Crippen molar-refractivity contribution in [1.29, 1.82) is 0 Å². The van der Waals surface area contributed by atoms with Gasteiger partial charge in [-0.3, -0.25) is 9.69 Å². The molecule has 0 atom stereocenters. The van der Waals surface area contributed by atoms with Crippen LogP contribution in [0.5, 0.6) is 0 Å². The summed E-state index contributed by atoms with van der Waals surface area (Å²) in [5, 5.41) is 0.550. The summed E-state index contributed by atoms with van der Waals surface area (Å²) in [5.74, 6) is 0.159. The fourth-order valence-electron chi connectivity index (χ4n) is 3.39. The Hall–Kier alpha value is -2.77. The number of hydrogen-bond acceptors (Lipinski definition) is 5. The first kappa shape index (κ1) is 18.6. The Balaban J connectivity index is 1.59. The number of aromatic nitrogens is 2. The van der Waals surface area contributed by atoms with Crippen LogP contribution in [0.15, 0.2) is 53.3 Å². The molecule has 28 heavy (non-hydrogen) atoms. The molecule has 4 rings (SSSR count). The first-order chi connectivity index (χ1) is 13.7. The predicted octanol–water partition coefficient (Wildman–Crippen LogP) is 2.47. The monoisotopic (exact) mass is 382 g/mol. The van der Waals surface area contributed by atoms with Crippen LogP contribution in [0.4, 0.5) is 4.39 Å². The first-order valence-corrected chi connectivity index (χ1v) is 9.54. The third kappa shape index (κ3) is 4.05. The summed E-state index contributed by atoms with van der Waals surface area (Å²) >= 11 is 0. The van der Waals surface area contributed by atoms with Crippen molar-refractivity contribution in [3.63, 3.8) is 0 Å². The Kier molecular flexibility index (Phi) is 5.64. The lowest BCUT2D eigenvalue weighted by molar-refractivity contribution is 0.0377. The third-order valence-corrected chi connectivity index (χ3v) is 4.90. The summed E-state index contributed by atoms with van der Waals surface area (Å²) in [6.45, 7) is 5.01. The second-order valence-corrected chi connectivity index (χ2v) is 6.82. The van der Waals surface area contributed by atoms with Gasteiger partial charge in [-0.05, 0) is 42.8 Å². The zero-order valence-corrected chi connectivity index (χ0v) is 15.6. The van der Waals surface area contributed by atoms with Gasteiger partial charge in [0.15, 0.2) is 5.82 Å². The fourth-order valence-corrected chi connectivity index (χ4v) is 3.39. The lowest BCUT2D eigenvalue weighted by Gasteiger charge is -2.26. The summed E-state index contributed by atoms with van der Waals surface area (Å²) in [6, 6.07) is 13.3. The smallest absolute Gasteiger partial charge is 0.280 e. The van der Waals surface area contributed by atoms with E-state index in [0.29, 0.717) is 28.8 Å². The third-order valence-electron chi connectivity index (χ3n) is 4.90. The molecule has 0 unspecified atom stereocenters. The van der Waals surface area contributed by atoms with Crippen molar-refractivity contribution in [2.45, 2.75) is 6.42 Å². The molecule has 0 bridgehead atoms. The predicted molar refractivity (Wildman–Crippen MR) is 108 cm³/mol. The lowest BCUT2D eigenvalue weighted by Crippen LogP contribution is -2.38. The summed E-state index contributed by atoms with van der Waals surface area (Å²) < 4.78 is 20.2. The summed E-state index contributed by atoms with van der Waals surface area (Å²) in [6.07, 6.45) is 0.891. The topological polar surface area (TPSA) is 59.4 Å². The van der Waals surface area contributed by atoms with E-state index in [1.54, 1.807) is 18.2 Å². The molecule has 1 aliphatic rings. The number of ether oxygens (including phenoxy) is 1. The molecule has 0 amide bonds. The van der Waals surface area contributed by atoms with Crippen molar-refractivity contribution < 1.29 is 9.13 Å². The maximum Gasteiger partial charge on any atom is 0.280 e. The average Bonchev–Trinajstić information content (AvgIpc) is 2.74. The van der Waals surface area contributed by atoms with Gasteiger partial charge in [0.05, 0.1) is 24.1 Å². The SMILES string of the molecule is O=c1c2ccccc2nc(-c2ccc(F)cc2)n1NCCCN1CCOCC1. The van der Waals surface area contributed by atoms with Crippen LogP contribution in [0.3, 0.4) is 0 Å². The molecule has 2 aromatic carbocycles. The van der Waals surface area contributed by atoms with Crippen molar-refractivity contribution >= 4 is 10.9 Å². The molecule has 0 radical (unpaired) electrons. The number of benzene rings is 2. The highest BCUT2D eigenvalue weighted by Gasteiger charge is 2.13. The zero-order chi connectivity index (χ0) is 19.3. The van der Waals surface area contributed by atoms with Gasteiger partial charge in [0.2, 0.25) is 0 Å². The summed E-state index contributed by atoms with van der Waals surface area (Å²) in [7, 11) is 0. The highest BCUT2D eigenvalue weighted by molar-refractivity contribution is 5.79. The van der Waals surface area contributed by atoms with Gasteiger partial charge in [-0.25, -0.2) is 14.1 Å². The van der Waals surface area contributed by atoms with E-state index in [1.165, 1.54) is 16.8 Å². The van der Waals surface area contributed by atoms with Crippen LogP contribution in [0.1, 0.15) is 6.42 Å². The number of nitrogens with zero attached hydrogens (tertiary/aromatic N) is 3. The molecular weight excluding hydrogens is 359 g/mol. The van der Waals surface area contributed by atoms with Crippen molar-refractivity contribution in [2.75, 3.05) is 44.8 Å². The summed E-state index contributed by atoms with van der Waals surface area (Å²) in [4.78, 5) is 20.1. The van der Waals surface area contributed by atoms with Crippen LogP contribution >= 0.6 is 0 Å². The van der Waals surface area contributed by atoms with E-state index in [0.717, 1.165) is 39.3 Å². The van der Waals surface area contributed by atoms with Gasteiger partial charge >= 0.3 is 0 Å². The van der Waals surface area contributed by atoms with Crippen LogP contribution in [-0.2, 0) is 4.74 Å². The molecule has 1 aliphatic heterocycles. The Morgan fingerprint density at radius 1 is 1.07 bits per heavy atom. The Bertz CT molecular complexity index is 997. The number of fused-ring (bicyclic) bond motifs is 1. The van der Waals surface area contributed by atoms with Crippen LogP contribution < -0.4 is 11.0 Å². The quantitative estimate of drug-likeness (QED) is 0.664. The average molecular weight is 382 g/mol. The molecule has 2 heterocycles. The molecule has 1 fully saturated rings. The zero-order valence-electron chi connectivity index (χ0n) is 15.6. The normalized spacial score (nSPS) is 15.0. The standard InChI is InChI=1S/C21H23FN4O2/c22-17-8-6-16(7-9-17)20-24-19-5-2-1-4-18(19)21(27)26(20)23-10-3-11-25-12-14-28-15-13-25/h1-2,4-9,23H,3,10-15H2. The summed E-state index contributed by atoms with van der Waals surface area (Å²) in [5.41, 5.74) is 4.37. The number of rotatable bonds is 6. The number of morpholine rings is 1. The van der Waals surface area contributed by atoms with Gasteiger partial charge in [0.25, 0.3) is 5.56 Å². The minimum absolute atomic E-state index is 0.156. The maximum atomic E-state index is 13.3. The maximum absolute atomic E-state index is 13.3. The molecule has 0 saturated carbocycles. The molecule has 146 valence electrons. The van der Waals surface area contributed by atoms with Crippen LogP contribution in [0, 0.1) is 5.82 Å². The molecular formula is C21H23FN4O2. The molecule has 7 heteroatoms. The van der Waals surface area contributed by atoms with E-state index in [-0.39, 0.29) is 11.4 Å². The van der Waals surface area contributed by atoms with Gasteiger partial charge in [-0.15, -0.1) is 0 Å². The van der Waals surface area contributed by atoms with E-state index < -0.39 is 0 Å². The van der Waals surface area contributed by atoms with Gasteiger partial charge in [-0.1, -0.05) is 12.1 Å². The minimum Gasteiger partial charge on any atom is -0.379 e. The van der Waals surface area contributed by atoms with Crippen molar-refractivity contribution in [2.24, 2.45) is 0 Å². The molecule has 6 nitrogen and oxygen atoms in total. The van der Waals surface area contributed by atoms with Crippen molar-refractivity contribution in [3.8, 4) is 11.4 Å². The number of halogens is 1. The fraction of sp³-hybridized carbons (Fsp3) is 0.333. The second kappa shape index (κ2) is 8.50.